The third kappa shape index (κ3) is 4.46. The van der Waals surface area contributed by atoms with Crippen LogP contribution >= 0.6 is 0 Å². The zero-order valence-corrected chi connectivity index (χ0v) is 13.0. The van der Waals surface area contributed by atoms with E-state index in [0.717, 1.165) is 12.4 Å². The minimum atomic E-state index is -3.26. The quantitative estimate of drug-likeness (QED) is 0.890. The molecule has 2 aromatic rings. The SMILES string of the molecule is CCS(=O)(=O)Nc1ccc(N(C)Cc2ccccc2)nc1. The zero-order chi connectivity index (χ0) is 15.3. The molecule has 0 bridgehead atoms. The van der Waals surface area contributed by atoms with E-state index in [9.17, 15) is 8.42 Å². The molecule has 0 saturated carbocycles. The first-order chi connectivity index (χ1) is 10.00. The molecule has 1 N–H and O–H groups in total. The molecule has 0 aliphatic heterocycles. The number of nitrogens with one attached hydrogen (secondary N) is 1. The molecule has 0 radical (unpaired) electrons. The maximum absolute atomic E-state index is 11.5. The van der Waals surface area contributed by atoms with Crippen molar-refractivity contribution in [1.82, 2.24) is 4.98 Å². The van der Waals surface area contributed by atoms with Gasteiger partial charge in [-0.1, -0.05) is 30.3 Å². The van der Waals surface area contributed by atoms with Crippen molar-refractivity contribution in [3.05, 3.63) is 54.2 Å². The predicted molar refractivity (Wildman–Crippen MR) is 85.9 cm³/mol. The minimum absolute atomic E-state index is 0.0443. The van der Waals surface area contributed by atoms with Crippen molar-refractivity contribution in [2.75, 3.05) is 22.4 Å². The monoisotopic (exact) mass is 305 g/mol. The summed E-state index contributed by atoms with van der Waals surface area (Å²) in [7, 11) is -1.31. The smallest absolute Gasteiger partial charge is 0.232 e. The number of benzene rings is 1. The van der Waals surface area contributed by atoms with Gasteiger partial charge in [-0.15, -0.1) is 0 Å². The Kier molecular flexibility index (Phi) is 4.80. The largest absolute Gasteiger partial charge is 0.355 e. The summed E-state index contributed by atoms with van der Waals surface area (Å²) in [6, 6.07) is 13.6. The first-order valence-corrected chi connectivity index (χ1v) is 8.37. The number of hydrogen-bond acceptors (Lipinski definition) is 4. The molecule has 1 aromatic carbocycles. The molecular weight excluding hydrogens is 286 g/mol. The number of anilines is 2. The second kappa shape index (κ2) is 6.58. The van der Waals surface area contributed by atoms with Gasteiger partial charge in [-0.2, -0.15) is 0 Å². The number of pyridine rings is 1. The van der Waals surface area contributed by atoms with Gasteiger partial charge in [-0.3, -0.25) is 4.72 Å². The van der Waals surface area contributed by atoms with Crippen LogP contribution in [0.5, 0.6) is 0 Å². The summed E-state index contributed by atoms with van der Waals surface area (Å²) in [6.07, 6.45) is 1.53. The van der Waals surface area contributed by atoms with E-state index in [0.29, 0.717) is 5.69 Å². The Morgan fingerprint density at radius 3 is 2.43 bits per heavy atom. The molecule has 0 amide bonds. The van der Waals surface area contributed by atoms with Gasteiger partial charge in [0.25, 0.3) is 0 Å². The van der Waals surface area contributed by atoms with Crippen LogP contribution in [-0.4, -0.2) is 26.2 Å². The lowest BCUT2D eigenvalue weighted by atomic mass is 10.2. The van der Waals surface area contributed by atoms with Gasteiger partial charge in [0.1, 0.15) is 5.82 Å². The summed E-state index contributed by atoms with van der Waals surface area (Å²) >= 11 is 0. The lowest BCUT2D eigenvalue weighted by Gasteiger charge is -2.18. The molecule has 1 heterocycles. The fourth-order valence-corrected chi connectivity index (χ4v) is 2.49. The molecule has 0 unspecified atom stereocenters. The molecule has 0 aliphatic carbocycles. The van der Waals surface area contributed by atoms with Gasteiger partial charge in [-0.25, -0.2) is 13.4 Å². The summed E-state index contributed by atoms with van der Waals surface area (Å²) in [4.78, 5) is 6.30. The Labute approximate surface area is 125 Å². The Bertz CT molecular complexity index is 670. The minimum Gasteiger partial charge on any atom is -0.355 e. The lowest BCUT2D eigenvalue weighted by Crippen LogP contribution is -2.18. The van der Waals surface area contributed by atoms with Crippen molar-refractivity contribution >= 4 is 21.5 Å². The zero-order valence-electron chi connectivity index (χ0n) is 12.2. The molecule has 0 atom stereocenters. The van der Waals surface area contributed by atoms with Crippen LogP contribution in [0.1, 0.15) is 12.5 Å². The third-order valence-corrected chi connectivity index (χ3v) is 4.36. The molecule has 1 aromatic heterocycles. The van der Waals surface area contributed by atoms with Crippen LogP contribution in [-0.2, 0) is 16.6 Å². The normalized spacial score (nSPS) is 11.1. The maximum atomic E-state index is 11.5. The summed E-state index contributed by atoms with van der Waals surface area (Å²) < 4.78 is 25.4. The van der Waals surface area contributed by atoms with Gasteiger partial charge < -0.3 is 4.90 Å². The van der Waals surface area contributed by atoms with Crippen molar-refractivity contribution in [2.24, 2.45) is 0 Å². The van der Waals surface area contributed by atoms with Crippen LogP contribution < -0.4 is 9.62 Å². The molecule has 112 valence electrons. The van der Waals surface area contributed by atoms with Crippen molar-refractivity contribution < 1.29 is 8.42 Å². The van der Waals surface area contributed by atoms with Crippen LogP contribution in [0, 0.1) is 0 Å². The highest BCUT2D eigenvalue weighted by molar-refractivity contribution is 7.92. The topological polar surface area (TPSA) is 62.3 Å². The van der Waals surface area contributed by atoms with Crippen LogP contribution in [0.15, 0.2) is 48.7 Å². The second-order valence-electron chi connectivity index (χ2n) is 4.75. The highest BCUT2D eigenvalue weighted by Crippen LogP contribution is 2.16. The number of aromatic nitrogens is 1. The van der Waals surface area contributed by atoms with E-state index >= 15 is 0 Å². The number of nitrogens with zero attached hydrogens (tertiary/aromatic N) is 2. The molecule has 0 fully saturated rings. The van der Waals surface area contributed by atoms with Crippen LogP contribution in [0.3, 0.4) is 0 Å². The average Bonchev–Trinajstić information content (AvgIpc) is 2.48. The van der Waals surface area contributed by atoms with E-state index in [1.165, 1.54) is 11.8 Å². The van der Waals surface area contributed by atoms with Gasteiger partial charge in [-0.05, 0) is 24.6 Å². The Morgan fingerprint density at radius 2 is 1.86 bits per heavy atom. The van der Waals surface area contributed by atoms with Crippen molar-refractivity contribution in [1.29, 1.82) is 0 Å². The van der Waals surface area contributed by atoms with Gasteiger partial charge in [0.05, 0.1) is 17.6 Å². The number of rotatable bonds is 6. The standard InChI is InChI=1S/C15H19N3O2S/c1-3-21(19,20)17-14-9-10-15(16-11-14)18(2)12-13-7-5-4-6-8-13/h4-11,17H,3,12H2,1-2H3. The van der Waals surface area contributed by atoms with Crippen molar-refractivity contribution in [3.63, 3.8) is 0 Å². The lowest BCUT2D eigenvalue weighted by molar-refractivity contribution is 0.602. The molecule has 6 heteroatoms. The first kappa shape index (κ1) is 15.3. The van der Waals surface area contributed by atoms with E-state index in [1.807, 2.05) is 30.1 Å². The molecule has 0 saturated heterocycles. The van der Waals surface area contributed by atoms with Crippen molar-refractivity contribution in [3.8, 4) is 0 Å². The van der Waals surface area contributed by atoms with E-state index in [4.69, 9.17) is 0 Å². The number of hydrogen-bond donors (Lipinski definition) is 1. The maximum Gasteiger partial charge on any atom is 0.232 e. The van der Waals surface area contributed by atoms with E-state index in [2.05, 4.69) is 21.8 Å². The molecule has 5 nitrogen and oxygen atoms in total. The van der Waals surface area contributed by atoms with E-state index in [-0.39, 0.29) is 5.75 Å². The molecule has 0 spiro atoms. The third-order valence-electron chi connectivity index (χ3n) is 3.05. The Hall–Kier alpha value is -2.08. The molecule has 0 aliphatic rings. The van der Waals surface area contributed by atoms with Crippen LogP contribution in [0.4, 0.5) is 11.5 Å². The Balaban J connectivity index is 2.05. The highest BCUT2D eigenvalue weighted by atomic mass is 32.2. The van der Waals surface area contributed by atoms with E-state index in [1.54, 1.807) is 19.1 Å². The van der Waals surface area contributed by atoms with Crippen molar-refractivity contribution in [2.45, 2.75) is 13.5 Å². The average molecular weight is 305 g/mol. The van der Waals surface area contributed by atoms with Gasteiger partial charge >= 0.3 is 0 Å². The summed E-state index contributed by atoms with van der Waals surface area (Å²) in [5.74, 6) is 0.834. The summed E-state index contributed by atoms with van der Waals surface area (Å²) in [5, 5.41) is 0. The fourth-order valence-electron chi connectivity index (χ4n) is 1.86. The number of sulfonamides is 1. The highest BCUT2D eigenvalue weighted by Gasteiger charge is 2.08. The fraction of sp³-hybridized carbons (Fsp3) is 0.267. The van der Waals surface area contributed by atoms with Crippen LogP contribution in [0.25, 0.3) is 0 Å². The van der Waals surface area contributed by atoms with E-state index < -0.39 is 10.0 Å². The molecular formula is C15H19N3O2S. The predicted octanol–water partition coefficient (Wildman–Crippen LogP) is 2.48. The molecule has 2 rings (SSSR count). The molecule has 21 heavy (non-hydrogen) atoms. The Morgan fingerprint density at radius 1 is 1.14 bits per heavy atom. The van der Waals surface area contributed by atoms with Gasteiger partial charge in [0.2, 0.25) is 10.0 Å². The van der Waals surface area contributed by atoms with Gasteiger partial charge in [0.15, 0.2) is 0 Å². The van der Waals surface area contributed by atoms with Crippen LogP contribution in [0.2, 0.25) is 0 Å². The second-order valence-corrected chi connectivity index (χ2v) is 6.76. The first-order valence-electron chi connectivity index (χ1n) is 6.72. The summed E-state index contributed by atoms with van der Waals surface area (Å²) in [6.45, 7) is 2.34. The summed E-state index contributed by atoms with van der Waals surface area (Å²) in [5.41, 5.74) is 1.67. The van der Waals surface area contributed by atoms with Gasteiger partial charge in [0, 0.05) is 13.6 Å².